The first-order valence-corrected chi connectivity index (χ1v) is 5.78. The maximum Gasteiger partial charge on any atom is 0.304 e. The number of thioether (sulfide) groups is 1. The van der Waals surface area contributed by atoms with Gasteiger partial charge in [-0.15, -0.1) is 11.8 Å². The molecule has 0 aliphatic carbocycles. The normalized spacial score (nSPS) is 17.8. The van der Waals surface area contributed by atoms with Crippen molar-refractivity contribution in [2.24, 2.45) is 0 Å². The quantitative estimate of drug-likeness (QED) is 0.843. The lowest BCUT2D eigenvalue weighted by molar-refractivity contribution is -0.138. The Kier molecular flexibility index (Phi) is 3.16. The molecule has 5 heteroatoms. The number of aliphatic carboxylic acids is 1. The summed E-state index contributed by atoms with van der Waals surface area (Å²) in [5.74, 6) is -1.10. The summed E-state index contributed by atoms with van der Waals surface area (Å²) in [5.41, 5.74) is 0. The smallest absolute Gasteiger partial charge is 0.304 e. The van der Waals surface area contributed by atoms with E-state index in [1.807, 2.05) is 0 Å². The van der Waals surface area contributed by atoms with Gasteiger partial charge in [-0.05, 0) is 18.2 Å². The van der Waals surface area contributed by atoms with Crippen LogP contribution < -0.4 is 5.32 Å². The van der Waals surface area contributed by atoms with Crippen molar-refractivity contribution >= 4 is 17.7 Å². The lowest BCUT2D eigenvalue weighted by Gasteiger charge is -2.40. The Morgan fingerprint density at radius 2 is 2.31 bits per heavy atom. The third kappa shape index (κ3) is 2.54. The van der Waals surface area contributed by atoms with Crippen molar-refractivity contribution in [3.05, 3.63) is 30.1 Å². The molecule has 1 fully saturated rings. The maximum absolute atomic E-state index is 13.0. The van der Waals surface area contributed by atoms with E-state index in [1.54, 1.807) is 12.1 Å². The molecule has 0 atom stereocenters. The van der Waals surface area contributed by atoms with Crippen LogP contribution in [0, 0.1) is 5.82 Å². The highest BCUT2D eigenvalue weighted by Gasteiger charge is 2.40. The fourth-order valence-corrected chi connectivity index (χ4v) is 3.06. The molecule has 1 aromatic rings. The Hall–Kier alpha value is -1.07. The zero-order valence-electron chi connectivity index (χ0n) is 8.57. The molecule has 0 amide bonds. The molecule has 0 saturated carbocycles. The molecule has 3 nitrogen and oxygen atoms in total. The van der Waals surface area contributed by atoms with Crippen LogP contribution >= 0.6 is 11.8 Å². The molecule has 16 heavy (non-hydrogen) atoms. The largest absolute Gasteiger partial charge is 0.481 e. The molecule has 1 saturated heterocycles. The Labute approximate surface area is 97.0 Å². The SMILES string of the molecule is O=C(O)CC1(Sc2cccc(F)c2)CNC1. The van der Waals surface area contributed by atoms with Crippen molar-refractivity contribution < 1.29 is 14.3 Å². The van der Waals surface area contributed by atoms with Crippen LogP contribution in [0.3, 0.4) is 0 Å². The Morgan fingerprint density at radius 3 is 2.81 bits per heavy atom. The third-order valence-corrected chi connectivity index (χ3v) is 3.85. The molecular formula is C11H12FNO2S. The number of benzene rings is 1. The average molecular weight is 241 g/mol. The van der Waals surface area contributed by atoms with E-state index in [4.69, 9.17) is 5.11 Å². The zero-order chi connectivity index (χ0) is 11.6. The summed E-state index contributed by atoms with van der Waals surface area (Å²) in [6.07, 6.45) is 0.0984. The van der Waals surface area contributed by atoms with E-state index in [0.717, 1.165) is 4.90 Å². The van der Waals surface area contributed by atoms with Gasteiger partial charge >= 0.3 is 5.97 Å². The fourth-order valence-electron chi connectivity index (χ4n) is 1.69. The van der Waals surface area contributed by atoms with Crippen LogP contribution in [0.2, 0.25) is 0 Å². The van der Waals surface area contributed by atoms with E-state index in [2.05, 4.69) is 5.32 Å². The van der Waals surface area contributed by atoms with Gasteiger partial charge in [0.05, 0.1) is 11.2 Å². The molecule has 0 bridgehead atoms. The number of carbonyl (C=O) groups is 1. The molecular weight excluding hydrogens is 229 g/mol. The minimum Gasteiger partial charge on any atom is -0.481 e. The van der Waals surface area contributed by atoms with Crippen molar-refractivity contribution in [3.8, 4) is 0 Å². The van der Waals surface area contributed by atoms with Crippen molar-refractivity contribution in [3.63, 3.8) is 0 Å². The number of halogens is 1. The average Bonchev–Trinajstić information content (AvgIpc) is 2.13. The van der Waals surface area contributed by atoms with Crippen molar-refractivity contribution in [1.82, 2.24) is 5.32 Å². The minimum absolute atomic E-state index is 0.0984. The number of carboxylic acid groups (broad SMARTS) is 1. The molecule has 0 unspecified atom stereocenters. The molecule has 1 aromatic carbocycles. The summed E-state index contributed by atoms with van der Waals surface area (Å²) in [6, 6.07) is 6.26. The zero-order valence-corrected chi connectivity index (χ0v) is 9.39. The highest BCUT2D eigenvalue weighted by molar-refractivity contribution is 8.00. The number of hydrogen-bond acceptors (Lipinski definition) is 3. The molecule has 2 N–H and O–H groups in total. The molecule has 1 aliphatic heterocycles. The second-order valence-electron chi connectivity index (χ2n) is 3.92. The predicted molar refractivity (Wildman–Crippen MR) is 60.1 cm³/mol. The van der Waals surface area contributed by atoms with Gasteiger partial charge in [-0.1, -0.05) is 6.07 Å². The molecule has 0 aromatic heterocycles. The highest BCUT2D eigenvalue weighted by Crippen LogP contribution is 2.38. The molecule has 1 heterocycles. The van der Waals surface area contributed by atoms with Gasteiger partial charge in [0.15, 0.2) is 0 Å². The lowest BCUT2D eigenvalue weighted by atomic mass is 9.98. The summed E-state index contributed by atoms with van der Waals surface area (Å²) in [4.78, 5) is 11.5. The van der Waals surface area contributed by atoms with Crippen LogP contribution in [-0.4, -0.2) is 28.9 Å². The third-order valence-electron chi connectivity index (χ3n) is 2.50. The molecule has 86 valence electrons. The Bertz CT molecular complexity index is 407. The molecule has 2 rings (SSSR count). The van der Waals surface area contributed by atoms with E-state index in [-0.39, 0.29) is 17.0 Å². The predicted octanol–water partition coefficient (Wildman–Crippen LogP) is 1.73. The molecule has 1 aliphatic rings. The summed E-state index contributed by atoms with van der Waals surface area (Å²) in [7, 11) is 0. The van der Waals surface area contributed by atoms with Crippen LogP contribution in [-0.2, 0) is 4.79 Å². The number of nitrogens with one attached hydrogen (secondary N) is 1. The van der Waals surface area contributed by atoms with E-state index in [9.17, 15) is 9.18 Å². The van der Waals surface area contributed by atoms with Gasteiger partial charge in [0.1, 0.15) is 5.82 Å². The monoisotopic (exact) mass is 241 g/mol. The van der Waals surface area contributed by atoms with Crippen LogP contribution in [0.4, 0.5) is 4.39 Å². The van der Waals surface area contributed by atoms with Crippen LogP contribution in [0.25, 0.3) is 0 Å². The first-order chi connectivity index (χ1) is 7.60. The van der Waals surface area contributed by atoms with Gasteiger partial charge < -0.3 is 10.4 Å². The van der Waals surface area contributed by atoms with Crippen LogP contribution in [0.1, 0.15) is 6.42 Å². The minimum atomic E-state index is -0.814. The maximum atomic E-state index is 13.0. The first kappa shape index (κ1) is 11.4. The standard InChI is InChI=1S/C11H12FNO2S/c12-8-2-1-3-9(4-8)16-11(5-10(14)15)6-13-7-11/h1-4,13H,5-7H2,(H,14,15). The summed E-state index contributed by atoms with van der Waals surface area (Å²) in [5, 5.41) is 11.9. The lowest BCUT2D eigenvalue weighted by Crippen LogP contribution is -2.57. The van der Waals surface area contributed by atoms with E-state index < -0.39 is 5.97 Å². The van der Waals surface area contributed by atoms with Gasteiger partial charge in [0, 0.05) is 18.0 Å². The Morgan fingerprint density at radius 1 is 1.56 bits per heavy atom. The first-order valence-electron chi connectivity index (χ1n) is 4.97. The topological polar surface area (TPSA) is 49.3 Å². The van der Waals surface area contributed by atoms with Gasteiger partial charge in [-0.3, -0.25) is 4.79 Å². The second-order valence-corrected chi connectivity index (χ2v) is 5.46. The number of rotatable bonds is 4. The van der Waals surface area contributed by atoms with Gasteiger partial charge in [-0.2, -0.15) is 0 Å². The van der Waals surface area contributed by atoms with E-state index >= 15 is 0 Å². The molecule has 0 radical (unpaired) electrons. The van der Waals surface area contributed by atoms with Crippen molar-refractivity contribution in [1.29, 1.82) is 0 Å². The van der Waals surface area contributed by atoms with Crippen molar-refractivity contribution in [2.75, 3.05) is 13.1 Å². The van der Waals surface area contributed by atoms with Crippen LogP contribution in [0.5, 0.6) is 0 Å². The number of carboxylic acids is 1. The summed E-state index contributed by atoms with van der Waals surface area (Å²) < 4.78 is 12.7. The van der Waals surface area contributed by atoms with Gasteiger partial charge in [0.25, 0.3) is 0 Å². The van der Waals surface area contributed by atoms with E-state index in [0.29, 0.717) is 13.1 Å². The van der Waals surface area contributed by atoms with E-state index in [1.165, 1.54) is 23.9 Å². The second kappa shape index (κ2) is 4.43. The van der Waals surface area contributed by atoms with Crippen LogP contribution in [0.15, 0.2) is 29.2 Å². The summed E-state index contributed by atoms with van der Waals surface area (Å²) in [6.45, 7) is 1.31. The summed E-state index contributed by atoms with van der Waals surface area (Å²) >= 11 is 1.44. The fraction of sp³-hybridized carbons (Fsp3) is 0.364. The number of hydrogen-bond donors (Lipinski definition) is 2. The van der Waals surface area contributed by atoms with Crippen molar-refractivity contribution in [2.45, 2.75) is 16.1 Å². The Balaban J connectivity index is 2.09. The molecule has 0 spiro atoms. The van der Waals surface area contributed by atoms with Gasteiger partial charge in [0.2, 0.25) is 0 Å². The highest BCUT2D eigenvalue weighted by atomic mass is 32.2. The van der Waals surface area contributed by atoms with Gasteiger partial charge in [-0.25, -0.2) is 4.39 Å².